The van der Waals surface area contributed by atoms with Crippen LogP contribution in [-0.4, -0.2) is 24.5 Å². The van der Waals surface area contributed by atoms with Crippen LogP contribution in [0, 0.1) is 5.41 Å². The fourth-order valence-electron chi connectivity index (χ4n) is 4.31. The van der Waals surface area contributed by atoms with Crippen molar-refractivity contribution in [2.75, 3.05) is 25.4 Å². The number of aryl methyl sites for hydroxylation is 1. The van der Waals surface area contributed by atoms with Crippen molar-refractivity contribution in [2.24, 2.45) is 5.41 Å². The van der Waals surface area contributed by atoms with Crippen molar-refractivity contribution < 1.29 is 0 Å². The molecule has 1 aromatic rings. The van der Waals surface area contributed by atoms with Crippen LogP contribution in [0.2, 0.25) is 0 Å². The van der Waals surface area contributed by atoms with Gasteiger partial charge in [0.1, 0.15) is 0 Å². The van der Waals surface area contributed by atoms with Crippen LogP contribution >= 0.6 is 0 Å². The molecule has 1 aliphatic heterocycles. The quantitative estimate of drug-likeness (QED) is 0.839. The largest absolute Gasteiger partial charge is 0.399 e. The Bertz CT molecular complexity index is 439. The molecule has 116 valence electrons. The van der Waals surface area contributed by atoms with Gasteiger partial charge < -0.3 is 10.6 Å². The number of hydrogen-bond donors (Lipinski definition) is 1. The Labute approximate surface area is 129 Å². The maximum atomic E-state index is 6.02. The van der Waals surface area contributed by atoms with Crippen LogP contribution < -0.4 is 5.73 Å². The Hall–Kier alpha value is -1.02. The van der Waals surface area contributed by atoms with E-state index in [1.807, 2.05) is 12.1 Å². The van der Waals surface area contributed by atoms with Gasteiger partial charge in [-0.15, -0.1) is 0 Å². The number of nitrogens with two attached hydrogens (primary N) is 1. The van der Waals surface area contributed by atoms with Gasteiger partial charge in [-0.3, -0.25) is 0 Å². The molecule has 0 bridgehead atoms. The zero-order chi connectivity index (χ0) is 14.5. The Morgan fingerprint density at radius 1 is 0.952 bits per heavy atom. The van der Waals surface area contributed by atoms with Gasteiger partial charge in [0.25, 0.3) is 0 Å². The third-order valence-electron chi connectivity index (χ3n) is 5.81. The topological polar surface area (TPSA) is 29.3 Å². The smallest absolute Gasteiger partial charge is 0.0346 e. The molecule has 1 heterocycles. The van der Waals surface area contributed by atoms with E-state index in [1.165, 1.54) is 76.6 Å². The maximum absolute atomic E-state index is 6.02. The van der Waals surface area contributed by atoms with E-state index in [0.29, 0.717) is 0 Å². The van der Waals surface area contributed by atoms with E-state index in [-0.39, 0.29) is 0 Å². The van der Waals surface area contributed by atoms with Crippen molar-refractivity contribution in [3.63, 3.8) is 0 Å². The molecular formula is C19H30N2. The predicted octanol–water partition coefficient (Wildman–Crippen LogP) is 4.25. The Balaban J connectivity index is 1.40. The standard InChI is InChI=1S/C19H30N2/c20-18-9-3-2-7-17(18)8-6-14-21-15-12-19(13-16-21)10-4-1-5-11-19/h2-3,7,9H,1,4-6,8,10-16,20H2. The minimum absolute atomic E-state index is 0.735. The van der Waals surface area contributed by atoms with Gasteiger partial charge in [0.05, 0.1) is 0 Å². The minimum atomic E-state index is 0.735. The van der Waals surface area contributed by atoms with E-state index in [9.17, 15) is 0 Å². The number of likely N-dealkylation sites (tertiary alicyclic amines) is 1. The molecule has 1 spiro atoms. The summed E-state index contributed by atoms with van der Waals surface area (Å²) in [6, 6.07) is 8.30. The first kappa shape index (κ1) is 14.9. The number of hydrogen-bond acceptors (Lipinski definition) is 2. The molecule has 2 N–H and O–H groups in total. The second-order valence-electron chi connectivity index (χ2n) is 7.20. The number of nitrogen functional groups attached to an aromatic ring is 1. The van der Waals surface area contributed by atoms with Crippen LogP contribution in [0.1, 0.15) is 56.9 Å². The summed E-state index contributed by atoms with van der Waals surface area (Å²) in [5.74, 6) is 0. The van der Waals surface area contributed by atoms with Crippen molar-refractivity contribution in [1.29, 1.82) is 0 Å². The molecule has 2 aliphatic rings. The average Bonchev–Trinajstić information content (AvgIpc) is 2.52. The zero-order valence-corrected chi connectivity index (χ0v) is 13.3. The number of nitrogens with zero attached hydrogens (tertiary/aromatic N) is 1. The third-order valence-corrected chi connectivity index (χ3v) is 5.81. The molecule has 2 fully saturated rings. The van der Waals surface area contributed by atoms with Crippen molar-refractivity contribution in [2.45, 2.75) is 57.8 Å². The molecule has 3 rings (SSSR count). The lowest BCUT2D eigenvalue weighted by molar-refractivity contribution is 0.0674. The molecule has 2 heteroatoms. The lowest BCUT2D eigenvalue weighted by Crippen LogP contribution is -2.41. The molecule has 21 heavy (non-hydrogen) atoms. The number of piperidine rings is 1. The molecule has 0 unspecified atom stereocenters. The summed E-state index contributed by atoms with van der Waals surface area (Å²) in [6.07, 6.45) is 12.7. The zero-order valence-electron chi connectivity index (χ0n) is 13.3. The van der Waals surface area contributed by atoms with E-state index in [0.717, 1.165) is 17.5 Å². The number of rotatable bonds is 4. The average molecular weight is 286 g/mol. The van der Waals surface area contributed by atoms with Crippen LogP contribution in [0.15, 0.2) is 24.3 Å². The molecule has 0 amide bonds. The monoisotopic (exact) mass is 286 g/mol. The van der Waals surface area contributed by atoms with Gasteiger partial charge in [-0.1, -0.05) is 37.5 Å². The number of para-hydroxylation sites is 1. The van der Waals surface area contributed by atoms with Gasteiger partial charge >= 0.3 is 0 Å². The first-order valence-electron chi connectivity index (χ1n) is 8.83. The molecule has 1 saturated heterocycles. The highest BCUT2D eigenvalue weighted by molar-refractivity contribution is 5.46. The van der Waals surface area contributed by atoms with Gasteiger partial charge in [0.2, 0.25) is 0 Å². The van der Waals surface area contributed by atoms with E-state index >= 15 is 0 Å². The Morgan fingerprint density at radius 3 is 2.38 bits per heavy atom. The van der Waals surface area contributed by atoms with E-state index < -0.39 is 0 Å². The molecule has 2 nitrogen and oxygen atoms in total. The molecule has 1 aliphatic carbocycles. The summed E-state index contributed by atoms with van der Waals surface area (Å²) >= 11 is 0. The summed E-state index contributed by atoms with van der Waals surface area (Å²) in [5, 5.41) is 0. The highest BCUT2D eigenvalue weighted by Crippen LogP contribution is 2.44. The second kappa shape index (κ2) is 6.83. The van der Waals surface area contributed by atoms with Gasteiger partial charge in [-0.25, -0.2) is 0 Å². The molecule has 0 atom stereocenters. The Kier molecular flexibility index (Phi) is 4.84. The summed E-state index contributed by atoms with van der Waals surface area (Å²) in [7, 11) is 0. The molecule has 0 radical (unpaired) electrons. The third kappa shape index (κ3) is 3.79. The first-order valence-corrected chi connectivity index (χ1v) is 8.83. The fourth-order valence-corrected chi connectivity index (χ4v) is 4.31. The van der Waals surface area contributed by atoms with Crippen LogP contribution in [-0.2, 0) is 6.42 Å². The SMILES string of the molecule is Nc1ccccc1CCCN1CCC2(CCCCC2)CC1. The summed E-state index contributed by atoms with van der Waals surface area (Å²) in [4.78, 5) is 2.68. The van der Waals surface area contributed by atoms with E-state index in [2.05, 4.69) is 17.0 Å². The highest BCUT2D eigenvalue weighted by atomic mass is 15.1. The number of benzene rings is 1. The van der Waals surface area contributed by atoms with Gasteiger partial charge in [-0.05, 0) is 75.2 Å². The minimum Gasteiger partial charge on any atom is -0.399 e. The van der Waals surface area contributed by atoms with Crippen LogP contribution in [0.25, 0.3) is 0 Å². The van der Waals surface area contributed by atoms with Crippen molar-refractivity contribution in [3.8, 4) is 0 Å². The van der Waals surface area contributed by atoms with Crippen molar-refractivity contribution >= 4 is 5.69 Å². The van der Waals surface area contributed by atoms with Crippen LogP contribution in [0.5, 0.6) is 0 Å². The van der Waals surface area contributed by atoms with Gasteiger partial charge in [0.15, 0.2) is 0 Å². The molecule has 1 saturated carbocycles. The van der Waals surface area contributed by atoms with Gasteiger partial charge in [0, 0.05) is 5.69 Å². The first-order chi connectivity index (χ1) is 10.3. The second-order valence-corrected chi connectivity index (χ2v) is 7.20. The lowest BCUT2D eigenvalue weighted by Gasteiger charge is -2.44. The van der Waals surface area contributed by atoms with Gasteiger partial charge in [-0.2, -0.15) is 0 Å². The summed E-state index contributed by atoms with van der Waals surface area (Å²) < 4.78 is 0. The normalized spacial score (nSPS) is 22.5. The van der Waals surface area contributed by atoms with E-state index in [1.54, 1.807) is 0 Å². The van der Waals surface area contributed by atoms with Crippen molar-refractivity contribution in [1.82, 2.24) is 4.90 Å². The Morgan fingerprint density at radius 2 is 1.67 bits per heavy atom. The molecule has 0 aromatic heterocycles. The van der Waals surface area contributed by atoms with Crippen molar-refractivity contribution in [3.05, 3.63) is 29.8 Å². The van der Waals surface area contributed by atoms with E-state index in [4.69, 9.17) is 5.73 Å². The summed E-state index contributed by atoms with van der Waals surface area (Å²) in [6.45, 7) is 3.89. The predicted molar refractivity (Wildman–Crippen MR) is 90.4 cm³/mol. The fraction of sp³-hybridized carbons (Fsp3) is 0.684. The number of anilines is 1. The molecule has 1 aromatic carbocycles. The summed E-state index contributed by atoms with van der Waals surface area (Å²) in [5.41, 5.74) is 9.03. The maximum Gasteiger partial charge on any atom is 0.0346 e. The highest BCUT2D eigenvalue weighted by Gasteiger charge is 2.35. The lowest BCUT2D eigenvalue weighted by atomic mass is 9.68. The van der Waals surface area contributed by atoms with Crippen LogP contribution in [0.4, 0.5) is 5.69 Å². The molecular weight excluding hydrogens is 256 g/mol. The van der Waals surface area contributed by atoms with Crippen LogP contribution in [0.3, 0.4) is 0 Å².